The van der Waals surface area contributed by atoms with Crippen molar-refractivity contribution in [1.29, 1.82) is 0 Å². The smallest absolute Gasteiger partial charge is 0.265 e. The fraction of sp³-hybridized carbons (Fsp3) is 0.176. The predicted octanol–water partition coefficient (Wildman–Crippen LogP) is 0.372. The number of primary amides is 1. The van der Waals surface area contributed by atoms with Crippen molar-refractivity contribution < 1.29 is 23.9 Å². The van der Waals surface area contributed by atoms with Gasteiger partial charge in [-0.05, 0) is 36.0 Å². The molecule has 1 saturated heterocycles. The van der Waals surface area contributed by atoms with Crippen LogP contribution < -0.4 is 20.5 Å². The van der Waals surface area contributed by atoms with E-state index in [1.807, 2.05) is 0 Å². The van der Waals surface area contributed by atoms with Gasteiger partial charge in [-0.3, -0.25) is 24.6 Å². The zero-order chi connectivity index (χ0) is 19.3. The SMILES string of the molecule is C=CCN1C(=O)C(=Cc2ccc(OCC(N)=O)c(OC)c2)C(=O)NC1=S. The molecule has 1 aromatic rings. The van der Waals surface area contributed by atoms with E-state index < -0.39 is 17.7 Å². The highest BCUT2D eigenvalue weighted by Gasteiger charge is 2.32. The first-order chi connectivity index (χ1) is 12.4. The van der Waals surface area contributed by atoms with Crippen molar-refractivity contribution in [3.8, 4) is 11.5 Å². The average Bonchev–Trinajstić information content (AvgIpc) is 2.60. The lowest BCUT2D eigenvalue weighted by Gasteiger charge is -2.27. The summed E-state index contributed by atoms with van der Waals surface area (Å²) in [5.74, 6) is -1.11. The van der Waals surface area contributed by atoms with Crippen LogP contribution in [0.15, 0.2) is 36.4 Å². The van der Waals surface area contributed by atoms with Gasteiger partial charge in [-0.25, -0.2) is 0 Å². The molecule has 0 aromatic heterocycles. The number of nitrogens with zero attached hydrogens (tertiary/aromatic N) is 1. The van der Waals surface area contributed by atoms with Crippen molar-refractivity contribution in [1.82, 2.24) is 10.2 Å². The van der Waals surface area contributed by atoms with Gasteiger partial charge < -0.3 is 15.2 Å². The summed E-state index contributed by atoms with van der Waals surface area (Å²) < 4.78 is 10.4. The van der Waals surface area contributed by atoms with E-state index in [1.165, 1.54) is 24.2 Å². The molecule has 3 N–H and O–H groups in total. The Morgan fingerprint density at radius 1 is 1.38 bits per heavy atom. The Morgan fingerprint density at radius 2 is 2.12 bits per heavy atom. The highest BCUT2D eigenvalue weighted by molar-refractivity contribution is 7.80. The van der Waals surface area contributed by atoms with Crippen LogP contribution in [0.4, 0.5) is 0 Å². The average molecular weight is 375 g/mol. The summed E-state index contributed by atoms with van der Waals surface area (Å²) in [5.41, 5.74) is 5.50. The second kappa shape index (κ2) is 8.26. The molecular formula is C17H17N3O5S. The van der Waals surface area contributed by atoms with Gasteiger partial charge >= 0.3 is 0 Å². The lowest BCUT2D eigenvalue weighted by molar-refractivity contribution is -0.128. The molecule has 26 heavy (non-hydrogen) atoms. The predicted molar refractivity (Wildman–Crippen MR) is 98.3 cm³/mol. The number of ether oxygens (including phenoxy) is 2. The van der Waals surface area contributed by atoms with Crippen molar-refractivity contribution in [2.24, 2.45) is 5.73 Å². The lowest BCUT2D eigenvalue weighted by Crippen LogP contribution is -2.53. The molecule has 2 rings (SSSR count). The van der Waals surface area contributed by atoms with Crippen LogP contribution in [0.3, 0.4) is 0 Å². The summed E-state index contributed by atoms with van der Waals surface area (Å²) in [6.45, 7) is 3.44. The molecule has 1 heterocycles. The summed E-state index contributed by atoms with van der Waals surface area (Å²) >= 11 is 4.99. The molecule has 136 valence electrons. The zero-order valence-corrected chi connectivity index (χ0v) is 14.8. The minimum Gasteiger partial charge on any atom is -0.493 e. The van der Waals surface area contributed by atoms with E-state index in [4.69, 9.17) is 27.4 Å². The summed E-state index contributed by atoms with van der Waals surface area (Å²) in [7, 11) is 1.42. The summed E-state index contributed by atoms with van der Waals surface area (Å²) in [6, 6.07) is 4.72. The van der Waals surface area contributed by atoms with Gasteiger partial charge in [0.2, 0.25) is 0 Å². The van der Waals surface area contributed by atoms with Gasteiger partial charge in [-0.15, -0.1) is 6.58 Å². The third kappa shape index (κ3) is 4.25. The van der Waals surface area contributed by atoms with Crippen LogP contribution >= 0.6 is 12.2 Å². The van der Waals surface area contributed by atoms with Gasteiger partial charge in [-0.1, -0.05) is 12.1 Å². The normalized spacial score (nSPS) is 15.7. The Balaban J connectivity index is 2.33. The summed E-state index contributed by atoms with van der Waals surface area (Å²) in [5, 5.41) is 2.49. The van der Waals surface area contributed by atoms with E-state index in [0.717, 1.165) is 0 Å². The van der Waals surface area contributed by atoms with Crippen molar-refractivity contribution in [2.45, 2.75) is 0 Å². The van der Waals surface area contributed by atoms with E-state index >= 15 is 0 Å². The van der Waals surface area contributed by atoms with E-state index in [1.54, 1.807) is 18.2 Å². The molecule has 9 heteroatoms. The molecule has 0 atom stereocenters. The Kier molecular flexibility index (Phi) is 6.07. The first-order valence-electron chi connectivity index (χ1n) is 7.46. The van der Waals surface area contributed by atoms with Crippen molar-refractivity contribution in [2.75, 3.05) is 20.3 Å². The molecular weight excluding hydrogens is 358 g/mol. The lowest BCUT2D eigenvalue weighted by atomic mass is 10.1. The van der Waals surface area contributed by atoms with Crippen LogP contribution in [0, 0.1) is 0 Å². The van der Waals surface area contributed by atoms with Crippen LogP contribution in [0.1, 0.15) is 5.56 Å². The molecule has 1 aromatic carbocycles. The van der Waals surface area contributed by atoms with Crippen molar-refractivity contribution in [3.63, 3.8) is 0 Å². The second-order valence-electron chi connectivity index (χ2n) is 5.19. The third-order valence-corrected chi connectivity index (χ3v) is 3.69. The molecule has 1 aliphatic heterocycles. The maximum Gasteiger partial charge on any atom is 0.265 e. The largest absolute Gasteiger partial charge is 0.493 e. The molecule has 0 unspecified atom stereocenters. The highest BCUT2D eigenvalue weighted by Crippen LogP contribution is 2.29. The van der Waals surface area contributed by atoms with E-state index in [2.05, 4.69) is 11.9 Å². The van der Waals surface area contributed by atoms with Crippen LogP contribution in [0.25, 0.3) is 6.08 Å². The topological polar surface area (TPSA) is 111 Å². The minimum atomic E-state index is -0.624. The number of methoxy groups -OCH3 is 1. The zero-order valence-electron chi connectivity index (χ0n) is 14.0. The van der Waals surface area contributed by atoms with Gasteiger partial charge in [0.25, 0.3) is 17.7 Å². The fourth-order valence-corrected chi connectivity index (χ4v) is 2.45. The van der Waals surface area contributed by atoms with Crippen LogP contribution in [-0.4, -0.2) is 48.0 Å². The molecule has 0 radical (unpaired) electrons. The molecule has 1 aliphatic rings. The maximum absolute atomic E-state index is 12.5. The monoisotopic (exact) mass is 375 g/mol. The van der Waals surface area contributed by atoms with Gasteiger partial charge in [0.05, 0.1) is 7.11 Å². The molecule has 0 saturated carbocycles. The number of amides is 3. The van der Waals surface area contributed by atoms with Gasteiger partial charge in [0.15, 0.2) is 23.2 Å². The first-order valence-corrected chi connectivity index (χ1v) is 7.87. The van der Waals surface area contributed by atoms with Gasteiger partial charge in [0.1, 0.15) is 5.57 Å². The number of benzene rings is 1. The number of hydrogen-bond acceptors (Lipinski definition) is 6. The molecule has 0 aliphatic carbocycles. The van der Waals surface area contributed by atoms with E-state index in [-0.39, 0.29) is 23.8 Å². The molecule has 1 fully saturated rings. The highest BCUT2D eigenvalue weighted by atomic mass is 32.1. The quantitative estimate of drug-likeness (QED) is 0.308. The molecule has 0 spiro atoms. The fourth-order valence-electron chi connectivity index (χ4n) is 2.20. The molecule has 3 amide bonds. The Bertz CT molecular complexity index is 819. The minimum absolute atomic E-state index is 0.0323. The third-order valence-electron chi connectivity index (χ3n) is 3.37. The summed E-state index contributed by atoms with van der Waals surface area (Å²) in [4.78, 5) is 36.7. The number of carbonyl (C=O) groups is 3. The number of hydrogen-bond donors (Lipinski definition) is 2. The number of nitrogens with two attached hydrogens (primary N) is 1. The Hall–Kier alpha value is -3.20. The van der Waals surface area contributed by atoms with Crippen LogP contribution in [-0.2, 0) is 14.4 Å². The number of carbonyl (C=O) groups excluding carboxylic acids is 3. The Labute approximate surface area is 155 Å². The maximum atomic E-state index is 12.5. The van der Waals surface area contributed by atoms with Crippen LogP contribution in [0.2, 0.25) is 0 Å². The molecule has 0 bridgehead atoms. The van der Waals surface area contributed by atoms with E-state index in [9.17, 15) is 14.4 Å². The second-order valence-corrected chi connectivity index (χ2v) is 5.57. The Morgan fingerprint density at radius 3 is 2.73 bits per heavy atom. The van der Waals surface area contributed by atoms with Crippen molar-refractivity contribution >= 4 is 41.1 Å². The number of thiocarbonyl (C=S) groups is 1. The van der Waals surface area contributed by atoms with Gasteiger partial charge in [0, 0.05) is 6.54 Å². The van der Waals surface area contributed by atoms with E-state index in [0.29, 0.717) is 17.1 Å². The molecule has 8 nitrogen and oxygen atoms in total. The first kappa shape index (κ1) is 19.1. The number of nitrogens with one attached hydrogen (secondary N) is 1. The van der Waals surface area contributed by atoms with Crippen LogP contribution in [0.5, 0.6) is 11.5 Å². The van der Waals surface area contributed by atoms with Crippen molar-refractivity contribution in [3.05, 3.63) is 42.0 Å². The summed E-state index contributed by atoms with van der Waals surface area (Å²) in [6.07, 6.45) is 2.92. The number of rotatable bonds is 7. The standard InChI is InChI=1S/C17H17N3O5S/c1-3-6-20-16(23)11(15(22)19-17(20)26)7-10-4-5-12(13(8-10)24-2)25-9-14(18)21/h3-5,7-8H,1,6,9H2,2H3,(H2,18,21)(H,19,22,26). The van der Waals surface area contributed by atoms with Gasteiger partial charge in [-0.2, -0.15) is 0 Å².